The van der Waals surface area contributed by atoms with E-state index in [4.69, 9.17) is 4.74 Å². The molecule has 1 aromatic carbocycles. The van der Waals surface area contributed by atoms with Crippen molar-refractivity contribution in [2.75, 3.05) is 13.2 Å². The summed E-state index contributed by atoms with van der Waals surface area (Å²) in [6, 6.07) is 6.86. The van der Waals surface area contributed by atoms with Gasteiger partial charge in [-0.25, -0.2) is 4.79 Å². The maximum atomic E-state index is 12.2. The van der Waals surface area contributed by atoms with E-state index in [0.717, 1.165) is 5.56 Å². The van der Waals surface area contributed by atoms with Crippen LogP contribution in [0.5, 0.6) is 0 Å². The molecule has 3 atom stereocenters. The van der Waals surface area contributed by atoms with Crippen molar-refractivity contribution in [2.45, 2.75) is 32.0 Å². The first-order valence-electron chi connectivity index (χ1n) is 8.85. The van der Waals surface area contributed by atoms with Gasteiger partial charge in [-0.2, -0.15) is 0 Å². The first-order chi connectivity index (χ1) is 12.9. The minimum Gasteiger partial charge on any atom is -0.543 e. The molecule has 3 aliphatic heterocycles. The topological polar surface area (TPSA) is 110 Å². The summed E-state index contributed by atoms with van der Waals surface area (Å²) in [4.78, 5) is 38.3. The van der Waals surface area contributed by atoms with E-state index in [-0.39, 0.29) is 53.3 Å². The van der Waals surface area contributed by atoms with Crippen LogP contribution in [-0.4, -0.2) is 58.2 Å². The summed E-state index contributed by atoms with van der Waals surface area (Å²) >= 11 is 0. The zero-order chi connectivity index (χ0) is 19.3. The number of aliphatic hydroxyl groups excluding tert-OH is 1. The third-order valence-corrected chi connectivity index (χ3v) is 5.44. The molecule has 0 spiro atoms. The fraction of sp³-hybridized carbons (Fsp3) is 0.421. The average Bonchev–Trinajstić information content (AvgIpc) is 3.17. The van der Waals surface area contributed by atoms with Gasteiger partial charge in [0.25, 0.3) is 0 Å². The Hall–Kier alpha value is -1.87. The van der Waals surface area contributed by atoms with Crippen molar-refractivity contribution < 1.29 is 58.9 Å². The zero-order valence-electron chi connectivity index (χ0n) is 15.8. The molecule has 0 unspecified atom stereocenters. The number of carbonyl (C=O) groups excluding carboxylic acids is 3. The van der Waals surface area contributed by atoms with Gasteiger partial charge in [0, 0.05) is 6.54 Å². The summed E-state index contributed by atoms with van der Waals surface area (Å²) in [7, 11) is 0. The number of β-lactam (4-membered cyclic amide) rings is 1. The van der Waals surface area contributed by atoms with Crippen LogP contribution in [0.2, 0.25) is 0 Å². The molecule has 1 N–H and O–H groups in total. The Kier molecular flexibility index (Phi) is 5.86. The SMILES string of the molecule is C[C@@H](O)[C@H]1C(=O)N2C(C(=O)[O-])=C(c3ccc(CN4CCOC4=O)cc3)C[C@H]12.[Na+]. The number of hydrogen-bond donors (Lipinski definition) is 1. The Morgan fingerprint density at radius 3 is 2.54 bits per heavy atom. The van der Waals surface area contributed by atoms with E-state index in [1.807, 2.05) is 12.1 Å². The molecule has 4 rings (SSSR count). The molecule has 3 heterocycles. The second-order valence-electron chi connectivity index (χ2n) is 7.09. The van der Waals surface area contributed by atoms with Gasteiger partial charge < -0.3 is 29.5 Å². The smallest absolute Gasteiger partial charge is 0.543 e. The van der Waals surface area contributed by atoms with Gasteiger partial charge in [0.15, 0.2) is 0 Å². The molecule has 0 radical (unpaired) electrons. The number of rotatable bonds is 5. The van der Waals surface area contributed by atoms with Gasteiger partial charge in [-0.15, -0.1) is 0 Å². The minimum atomic E-state index is -1.39. The number of cyclic esters (lactones) is 1. The molecule has 0 aliphatic carbocycles. The predicted molar refractivity (Wildman–Crippen MR) is 90.5 cm³/mol. The van der Waals surface area contributed by atoms with Crippen LogP contribution in [0.25, 0.3) is 5.57 Å². The van der Waals surface area contributed by atoms with E-state index in [9.17, 15) is 24.6 Å². The third kappa shape index (κ3) is 3.34. The van der Waals surface area contributed by atoms with Crippen LogP contribution in [0.3, 0.4) is 0 Å². The fourth-order valence-electron chi connectivity index (χ4n) is 4.12. The molecule has 28 heavy (non-hydrogen) atoms. The van der Waals surface area contributed by atoms with Crippen molar-refractivity contribution in [2.24, 2.45) is 5.92 Å². The van der Waals surface area contributed by atoms with Crippen LogP contribution < -0.4 is 34.7 Å². The standard InChI is InChI=1S/C19H20N2O6.Na/c1-10(22)15-14-8-13(16(18(24)25)21(14)17(15)23)12-4-2-11(3-5-12)9-20-6-7-27-19(20)26;/h2-5,10,14-15,22H,6-9H2,1H3,(H,24,25);/q;+1/p-1/t10-,14-,15-;/m1./s1. The number of hydrogen-bond acceptors (Lipinski definition) is 6. The van der Waals surface area contributed by atoms with Crippen LogP contribution >= 0.6 is 0 Å². The van der Waals surface area contributed by atoms with Gasteiger partial charge >= 0.3 is 35.7 Å². The number of carboxylic acids is 1. The van der Waals surface area contributed by atoms with Crippen LogP contribution in [0.4, 0.5) is 4.79 Å². The molecule has 9 heteroatoms. The zero-order valence-corrected chi connectivity index (χ0v) is 17.8. The Morgan fingerprint density at radius 2 is 2.00 bits per heavy atom. The molecule has 2 amide bonds. The van der Waals surface area contributed by atoms with Crippen LogP contribution in [0.1, 0.15) is 24.5 Å². The fourth-order valence-corrected chi connectivity index (χ4v) is 4.12. The van der Waals surface area contributed by atoms with E-state index >= 15 is 0 Å². The first-order valence-corrected chi connectivity index (χ1v) is 8.85. The summed E-state index contributed by atoms with van der Waals surface area (Å²) in [5, 5.41) is 21.4. The van der Waals surface area contributed by atoms with Crippen molar-refractivity contribution in [3.63, 3.8) is 0 Å². The van der Waals surface area contributed by atoms with E-state index in [1.165, 1.54) is 11.8 Å². The number of amides is 2. The van der Waals surface area contributed by atoms with Crippen molar-refractivity contribution in [1.29, 1.82) is 0 Å². The van der Waals surface area contributed by atoms with Crippen molar-refractivity contribution in [3.8, 4) is 0 Å². The Labute approximate surface area is 184 Å². The monoisotopic (exact) mass is 394 g/mol. The van der Waals surface area contributed by atoms with Crippen molar-refractivity contribution in [3.05, 3.63) is 41.1 Å². The van der Waals surface area contributed by atoms with Gasteiger partial charge in [-0.3, -0.25) is 4.79 Å². The van der Waals surface area contributed by atoms with Gasteiger partial charge in [-0.05, 0) is 30.0 Å². The van der Waals surface area contributed by atoms with Crippen molar-refractivity contribution in [1.82, 2.24) is 9.80 Å². The number of carboxylic acid groups (broad SMARTS) is 1. The molecule has 3 aliphatic rings. The maximum Gasteiger partial charge on any atom is 1.00 e. The number of carbonyl (C=O) groups is 3. The van der Waals surface area contributed by atoms with E-state index < -0.39 is 18.0 Å². The molecule has 2 saturated heterocycles. The summed E-state index contributed by atoms with van der Waals surface area (Å²) in [5.41, 5.74) is 2.00. The van der Waals surface area contributed by atoms with E-state index in [0.29, 0.717) is 37.3 Å². The second-order valence-corrected chi connectivity index (χ2v) is 7.09. The molecular formula is C19H19N2NaO6. The number of ether oxygens (including phenoxy) is 1. The summed E-state index contributed by atoms with van der Waals surface area (Å²) in [6.45, 7) is 2.88. The molecule has 2 fully saturated rings. The van der Waals surface area contributed by atoms with Gasteiger partial charge in [0.05, 0.1) is 36.3 Å². The van der Waals surface area contributed by atoms with Crippen LogP contribution in [-0.2, 0) is 20.9 Å². The normalized spacial score (nSPS) is 24.5. The van der Waals surface area contributed by atoms with Gasteiger partial charge in [0.1, 0.15) is 6.61 Å². The second kappa shape index (κ2) is 7.87. The molecule has 0 aromatic heterocycles. The third-order valence-electron chi connectivity index (χ3n) is 5.44. The molecular weight excluding hydrogens is 375 g/mol. The first kappa shape index (κ1) is 20.9. The molecule has 1 aromatic rings. The molecule has 142 valence electrons. The Bertz CT molecular complexity index is 850. The van der Waals surface area contributed by atoms with E-state index in [1.54, 1.807) is 17.0 Å². The molecule has 8 nitrogen and oxygen atoms in total. The van der Waals surface area contributed by atoms with Gasteiger partial charge in [0.2, 0.25) is 5.91 Å². The number of aliphatic hydroxyl groups is 1. The predicted octanol–water partition coefficient (Wildman–Crippen LogP) is -3.28. The maximum absolute atomic E-state index is 12.2. The average molecular weight is 394 g/mol. The number of nitrogens with zero attached hydrogens (tertiary/aromatic N) is 2. The van der Waals surface area contributed by atoms with Crippen molar-refractivity contribution >= 4 is 23.5 Å². The van der Waals surface area contributed by atoms with Crippen LogP contribution in [0, 0.1) is 5.92 Å². The summed E-state index contributed by atoms with van der Waals surface area (Å²) in [6.07, 6.45) is -0.810. The quantitative estimate of drug-likeness (QED) is 0.414. The molecule has 0 saturated carbocycles. The number of aliphatic carboxylic acids is 1. The largest absolute Gasteiger partial charge is 1.00 e. The minimum absolute atomic E-state index is 0. The number of benzene rings is 1. The number of fused-ring (bicyclic) bond motifs is 1. The summed E-state index contributed by atoms with van der Waals surface area (Å²) < 4.78 is 4.90. The van der Waals surface area contributed by atoms with Gasteiger partial charge in [-0.1, -0.05) is 24.3 Å². The van der Waals surface area contributed by atoms with Crippen LogP contribution in [0.15, 0.2) is 30.0 Å². The molecule has 0 bridgehead atoms. The van der Waals surface area contributed by atoms with E-state index in [2.05, 4.69) is 0 Å². The summed E-state index contributed by atoms with van der Waals surface area (Å²) in [5.74, 6) is -2.36. The Balaban J connectivity index is 0.00000225. The Morgan fingerprint density at radius 1 is 1.32 bits per heavy atom.